The molecule has 17 heavy (non-hydrogen) atoms. The molecule has 3 heteroatoms. The van der Waals surface area contributed by atoms with E-state index in [-0.39, 0.29) is 6.10 Å². The molecule has 1 unspecified atom stereocenters. The average molecular weight is 228 g/mol. The van der Waals surface area contributed by atoms with Gasteiger partial charge < -0.3 is 9.67 Å². The topological polar surface area (TPSA) is 38.0 Å². The average Bonchev–Trinajstić information content (AvgIpc) is 2.86. The second-order valence-electron chi connectivity index (χ2n) is 4.68. The Labute approximate surface area is 100 Å². The third kappa shape index (κ3) is 1.87. The van der Waals surface area contributed by atoms with E-state index >= 15 is 0 Å². The van der Waals surface area contributed by atoms with Gasteiger partial charge in [-0.05, 0) is 25.0 Å². The Bertz CT molecular complexity index is 583. The lowest BCUT2D eigenvalue weighted by molar-refractivity contribution is 0.223. The van der Waals surface area contributed by atoms with Crippen LogP contribution in [0.15, 0.2) is 35.9 Å². The summed E-state index contributed by atoms with van der Waals surface area (Å²) in [6, 6.07) is 8.17. The SMILES string of the molecule is Cn1c(CC2=CC(O)CC2)nc2ccccc21. The molecule has 0 saturated heterocycles. The van der Waals surface area contributed by atoms with E-state index in [9.17, 15) is 5.11 Å². The minimum atomic E-state index is -0.250. The van der Waals surface area contributed by atoms with Crippen LogP contribution in [-0.2, 0) is 13.5 Å². The fraction of sp³-hybridized carbons (Fsp3) is 0.357. The number of imidazole rings is 1. The first kappa shape index (κ1) is 10.5. The van der Waals surface area contributed by atoms with Gasteiger partial charge in [0, 0.05) is 13.5 Å². The van der Waals surface area contributed by atoms with E-state index in [1.165, 1.54) is 11.1 Å². The molecule has 1 aromatic carbocycles. The summed E-state index contributed by atoms with van der Waals surface area (Å²) >= 11 is 0. The first-order valence-electron chi connectivity index (χ1n) is 6.02. The van der Waals surface area contributed by atoms with E-state index in [0.29, 0.717) is 0 Å². The Hall–Kier alpha value is -1.61. The highest BCUT2D eigenvalue weighted by molar-refractivity contribution is 5.75. The molecule has 0 amide bonds. The zero-order chi connectivity index (χ0) is 11.8. The van der Waals surface area contributed by atoms with Gasteiger partial charge in [0.05, 0.1) is 17.1 Å². The van der Waals surface area contributed by atoms with Crippen molar-refractivity contribution >= 4 is 11.0 Å². The third-order valence-corrected chi connectivity index (χ3v) is 3.45. The molecule has 1 N–H and O–H groups in total. The summed E-state index contributed by atoms with van der Waals surface area (Å²) in [6.45, 7) is 0. The summed E-state index contributed by atoms with van der Waals surface area (Å²) in [7, 11) is 2.05. The number of nitrogens with zero attached hydrogens (tertiary/aromatic N) is 2. The van der Waals surface area contributed by atoms with Crippen LogP contribution in [0.4, 0.5) is 0 Å². The Kier molecular flexibility index (Phi) is 2.48. The van der Waals surface area contributed by atoms with E-state index in [1.807, 2.05) is 24.3 Å². The van der Waals surface area contributed by atoms with Crippen LogP contribution < -0.4 is 0 Å². The third-order valence-electron chi connectivity index (χ3n) is 3.45. The number of aromatic nitrogens is 2. The summed E-state index contributed by atoms with van der Waals surface area (Å²) in [5.41, 5.74) is 3.52. The Morgan fingerprint density at radius 1 is 1.41 bits per heavy atom. The van der Waals surface area contributed by atoms with Crippen molar-refractivity contribution in [1.29, 1.82) is 0 Å². The molecule has 0 radical (unpaired) electrons. The van der Waals surface area contributed by atoms with Gasteiger partial charge in [-0.1, -0.05) is 23.8 Å². The molecular formula is C14H16N2O. The molecule has 0 saturated carbocycles. The number of benzene rings is 1. The molecule has 3 rings (SSSR count). The molecule has 1 atom stereocenters. The molecule has 1 aliphatic carbocycles. The summed E-state index contributed by atoms with van der Waals surface area (Å²) in [5.74, 6) is 1.08. The molecule has 2 aromatic rings. The van der Waals surface area contributed by atoms with Crippen LogP contribution in [0.3, 0.4) is 0 Å². The quantitative estimate of drug-likeness (QED) is 0.800. The zero-order valence-corrected chi connectivity index (χ0v) is 9.93. The van der Waals surface area contributed by atoms with Crippen molar-refractivity contribution in [2.45, 2.75) is 25.4 Å². The van der Waals surface area contributed by atoms with Crippen LogP contribution in [0.1, 0.15) is 18.7 Å². The number of rotatable bonds is 2. The molecule has 0 fully saturated rings. The number of fused-ring (bicyclic) bond motifs is 1. The van der Waals surface area contributed by atoms with Crippen molar-refractivity contribution in [3.8, 4) is 0 Å². The number of aliphatic hydroxyl groups excluding tert-OH is 1. The molecule has 1 heterocycles. The number of allylic oxidation sites excluding steroid dienone is 1. The van der Waals surface area contributed by atoms with E-state index in [1.54, 1.807) is 0 Å². The van der Waals surface area contributed by atoms with Gasteiger partial charge in [0.2, 0.25) is 0 Å². The maximum atomic E-state index is 9.48. The highest BCUT2D eigenvalue weighted by atomic mass is 16.3. The summed E-state index contributed by atoms with van der Waals surface area (Å²) < 4.78 is 2.14. The minimum Gasteiger partial charge on any atom is -0.389 e. The van der Waals surface area contributed by atoms with Crippen molar-refractivity contribution in [3.63, 3.8) is 0 Å². The maximum Gasteiger partial charge on any atom is 0.113 e. The van der Waals surface area contributed by atoms with Crippen LogP contribution in [0.2, 0.25) is 0 Å². The monoisotopic (exact) mass is 228 g/mol. The Morgan fingerprint density at radius 2 is 2.24 bits per heavy atom. The lowest BCUT2D eigenvalue weighted by Gasteiger charge is -2.02. The summed E-state index contributed by atoms with van der Waals surface area (Å²) in [5, 5.41) is 9.48. The van der Waals surface area contributed by atoms with Gasteiger partial charge in [-0.15, -0.1) is 0 Å². The minimum absolute atomic E-state index is 0.250. The molecule has 88 valence electrons. The Balaban J connectivity index is 1.95. The van der Waals surface area contributed by atoms with Crippen LogP contribution >= 0.6 is 0 Å². The first-order chi connectivity index (χ1) is 8.24. The number of hydrogen-bond acceptors (Lipinski definition) is 2. The van der Waals surface area contributed by atoms with E-state index in [0.717, 1.165) is 30.6 Å². The van der Waals surface area contributed by atoms with Crippen LogP contribution in [0.25, 0.3) is 11.0 Å². The highest BCUT2D eigenvalue weighted by Crippen LogP contribution is 2.23. The summed E-state index contributed by atoms with van der Waals surface area (Å²) in [6.07, 6.45) is 4.42. The molecule has 0 spiro atoms. The molecule has 0 bridgehead atoms. The van der Waals surface area contributed by atoms with Crippen molar-refractivity contribution in [2.24, 2.45) is 7.05 Å². The van der Waals surface area contributed by atoms with Gasteiger partial charge in [0.1, 0.15) is 5.82 Å². The molecule has 1 aliphatic rings. The van der Waals surface area contributed by atoms with Crippen molar-refractivity contribution < 1.29 is 5.11 Å². The lowest BCUT2D eigenvalue weighted by Crippen LogP contribution is -1.99. The van der Waals surface area contributed by atoms with Crippen molar-refractivity contribution in [2.75, 3.05) is 0 Å². The number of aliphatic hydroxyl groups is 1. The Morgan fingerprint density at radius 3 is 2.94 bits per heavy atom. The largest absolute Gasteiger partial charge is 0.389 e. The first-order valence-corrected chi connectivity index (χ1v) is 6.02. The van der Waals surface area contributed by atoms with Crippen molar-refractivity contribution in [3.05, 3.63) is 41.7 Å². The smallest absolute Gasteiger partial charge is 0.113 e. The standard InChI is InChI=1S/C14H16N2O/c1-16-13-5-3-2-4-12(13)15-14(16)9-10-6-7-11(17)8-10/h2-5,8,11,17H,6-7,9H2,1H3. The second kappa shape index (κ2) is 4.00. The van der Waals surface area contributed by atoms with Crippen LogP contribution in [0.5, 0.6) is 0 Å². The van der Waals surface area contributed by atoms with Gasteiger partial charge >= 0.3 is 0 Å². The fourth-order valence-corrected chi connectivity index (χ4v) is 2.48. The molecule has 1 aromatic heterocycles. The summed E-state index contributed by atoms with van der Waals surface area (Å²) in [4.78, 5) is 4.64. The number of para-hydroxylation sites is 2. The maximum absolute atomic E-state index is 9.48. The van der Waals surface area contributed by atoms with Gasteiger partial charge in [-0.2, -0.15) is 0 Å². The predicted molar refractivity (Wildman–Crippen MR) is 67.7 cm³/mol. The van der Waals surface area contributed by atoms with Gasteiger partial charge in [-0.3, -0.25) is 0 Å². The van der Waals surface area contributed by atoms with Gasteiger partial charge in [0.25, 0.3) is 0 Å². The van der Waals surface area contributed by atoms with Gasteiger partial charge in [0.15, 0.2) is 0 Å². The van der Waals surface area contributed by atoms with E-state index < -0.39 is 0 Å². The normalized spacial score (nSPS) is 19.9. The van der Waals surface area contributed by atoms with Crippen LogP contribution in [-0.4, -0.2) is 20.8 Å². The van der Waals surface area contributed by atoms with E-state index in [2.05, 4.69) is 22.7 Å². The zero-order valence-electron chi connectivity index (χ0n) is 9.93. The highest BCUT2D eigenvalue weighted by Gasteiger charge is 2.15. The molecular weight excluding hydrogens is 212 g/mol. The number of aryl methyl sites for hydroxylation is 1. The fourth-order valence-electron chi connectivity index (χ4n) is 2.48. The van der Waals surface area contributed by atoms with Gasteiger partial charge in [-0.25, -0.2) is 4.98 Å². The number of hydrogen-bond donors (Lipinski definition) is 1. The molecule has 0 aliphatic heterocycles. The van der Waals surface area contributed by atoms with E-state index in [4.69, 9.17) is 0 Å². The second-order valence-corrected chi connectivity index (χ2v) is 4.68. The molecule has 3 nitrogen and oxygen atoms in total. The van der Waals surface area contributed by atoms with Crippen molar-refractivity contribution in [1.82, 2.24) is 9.55 Å². The van der Waals surface area contributed by atoms with Crippen LogP contribution in [0, 0.1) is 0 Å². The predicted octanol–water partition coefficient (Wildman–Crippen LogP) is 2.20. The lowest BCUT2D eigenvalue weighted by atomic mass is 10.1.